The fraction of sp³-hybridized carbons (Fsp3) is 0.500. The Bertz CT molecular complexity index is 697. The van der Waals surface area contributed by atoms with Crippen LogP contribution in [0.5, 0.6) is 0 Å². The third-order valence-electron chi connectivity index (χ3n) is 4.00. The van der Waals surface area contributed by atoms with Gasteiger partial charge >= 0.3 is 0 Å². The summed E-state index contributed by atoms with van der Waals surface area (Å²) in [4.78, 5) is 18.2. The van der Waals surface area contributed by atoms with E-state index in [1.807, 2.05) is 13.8 Å². The molecular formula is C18H25FN4O2. The quantitative estimate of drug-likeness (QED) is 0.793. The molecule has 1 heterocycles. The Morgan fingerprint density at radius 1 is 1.32 bits per heavy atom. The Labute approximate surface area is 147 Å². The second-order valence-corrected chi connectivity index (χ2v) is 6.99. The maximum Gasteiger partial charge on any atom is 0.226 e. The van der Waals surface area contributed by atoms with E-state index in [-0.39, 0.29) is 17.1 Å². The predicted molar refractivity (Wildman–Crippen MR) is 93.1 cm³/mol. The van der Waals surface area contributed by atoms with Crippen molar-refractivity contribution in [1.82, 2.24) is 15.0 Å². The number of aryl methyl sites for hydroxylation is 1. The van der Waals surface area contributed by atoms with E-state index in [9.17, 15) is 9.18 Å². The molecule has 0 saturated carbocycles. The number of carbonyl (C=O) groups excluding carboxylic acids is 1. The third kappa shape index (κ3) is 5.63. The molecule has 0 spiro atoms. The van der Waals surface area contributed by atoms with E-state index in [2.05, 4.69) is 10.1 Å². The summed E-state index contributed by atoms with van der Waals surface area (Å²) in [5.74, 6) is 0.646. The molecule has 1 amide bonds. The molecule has 0 aliphatic carbocycles. The van der Waals surface area contributed by atoms with Crippen molar-refractivity contribution in [2.24, 2.45) is 11.1 Å². The predicted octanol–water partition coefficient (Wildman–Crippen LogP) is 2.64. The Morgan fingerprint density at radius 2 is 2.00 bits per heavy atom. The van der Waals surface area contributed by atoms with Crippen molar-refractivity contribution in [3.8, 4) is 11.4 Å². The maximum absolute atomic E-state index is 12.9. The standard InChI is InChI=1S/C18H25FN4O2/c1-18(2,11-20)12-23(3)16(24)6-4-5-15-21-17(22-25-15)13-7-9-14(19)10-8-13/h7-10H,4-6,11-12,20H2,1-3H3. The largest absolute Gasteiger partial charge is 0.345 e. The first-order chi connectivity index (χ1) is 11.8. The van der Waals surface area contributed by atoms with Crippen LogP contribution in [-0.4, -0.2) is 41.1 Å². The molecule has 0 unspecified atom stereocenters. The van der Waals surface area contributed by atoms with Gasteiger partial charge in [0.05, 0.1) is 0 Å². The number of nitrogens with two attached hydrogens (primary N) is 1. The van der Waals surface area contributed by atoms with Gasteiger partial charge < -0.3 is 15.2 Å². The molecule has 7 heteroatoms. The van der Waals surface area contributed by atoms with Crippen molar-refractivity contribution in [3.05, 3.63) is 36.0 Å². The molecule has 0 saturated heterocycles. The molecule has 2 N–H and O–H groups in total. The van der Waals surface area contributed by atoms with Gasteiger partial charge in [-0.3, -0.25) is 4.79 Å². The molecule has 2 rings (SSSR count). The van der Waals surface area contributed by atoms with E-state index < -0.39 is 0 Å². The molecule has 0 fully saturated rings. The smallest absolute Gasteiger partial charge is 0.226 e. The Hall–Kier alpha value is -2.28. The number of aromatic nitrogens is 2. The minimum Gasteiger partial charge on any atom is -0.345 e. The highest BCUT2D eigenvalue weighted by atomic mass is 19.1. The second kappa shape index (κ2) is 8.20. The summed E-state index contributed by atoms with van der Waals surface area (Å²) < 4.78 is 18.1. The first kappa shape index (κ1) is 19.1. The first-order valence-corrected chi connectivity index (χ1v) is 8.33. The van der Waals surface area contributed by atoms with Crippen molar-refractivity contribution in [2.45, 2.75) is 33.1 Å². The molecule has 0 bridgehead atoms. The lowest BCUT2D eigenvalue weighted by molar-refractivity contribution is -0.131. The minimum absolute atomic E-state index is 0.0693. The zero-order valence-electron chi connectivity index (χ0n) is 15.0. The van der Waals surface area contributed by atoms with Crippen LogP contribution in [0.2, 0.25) is 0 Å². The number of halogens is 1. The van der Waals surface area contributed by atoms with Gasteiger partial charge in [0, 0.05) is 32.0 Å². The molecule has 6 nitrogen and oxygen atoms in total. The van der Waals surface area contributed by atoms with Crippen LogP contribution in [0.3, 0.4) is 0 Å². The number of benzene rings is 1. The molecule has 2 aromatic rings. The number of rotatable bonds is 8. The van der Waals surface area contributed by atoms with E-state index in [1.165, 1.54) is 12.1 Å². The number of nitrogens with zero attached hydrogens (tertiary/aromatic N) is 3. The fourth-order valence-corrected chi connectivity index (χ4v) is 2.45. The molecule has 0 aliphatic rings. The van der Waals surface area contributed by atoms with E-state index >= 15 is 0 Å². The average Bonchev–Trinajstić information content (AvgIpc) is 3.04. The number of hydrogen-bond donors (Lipinski definition) is 1. The van der Waals surface area contributed by atoms with E-state index in [0.29, 0.717) is 49.6 Å². The Balaban J connectivity index is 1.82. The number of carbonyl (C=O) groups is 1. The number of amides is 1. The third-order valence-corrected chi connectivity index (χ3v) is 4.00. The minimum atomic E-state index is -0.312. The summed E-state index contributed by atoms with van der Waals surface area (Å²) in [5.41, 5.74) is 6.30. The molecule has 1 aromatic heterocycles. The molecule has 0 atom stereocenters. The molecule has 136 valence electrons. The zero-order valence-corrected chi connectivity index (χ0v) is 15.0. The van der Waals surface area contributed by atoms with Crippen LogP contribution in [0.4, 0.5) is 4.39 Å². The van der Waals surface area contributed by atoms with Crippen LogP contribution in [-0.2, 0) is 11.2 Å². The average molecular weight is 348 g/mol. The van der Waals surface area contributed by atoms with Crippen molar-refractivity contribution in [1.29, 1.82) is 0 Å². The second-order valence-electron chi connectivity index (χ2n) is 6.99. The van der Waals surface area contributed by atoms with Crippen LogP contribution in [0.1, 0.15) is 32.6 Å². The van der Waals surface area contributed by atoms with Crippen LogP contribution in [0.15, 0.2) is 28.8 Å². The van der Waals surface area contributed by atoms with Crippen LogP contribution in [0, 0.1) is 11.2 Å². The van der Waals surface area contributed by atoms with Gasteiger partial charge in [-0.2, -0.15) is 4.98 Å². The van der Waals surface area contributed by atoms with Crippen molar-refractivity contribution >= 4 is 5.91 Å². The summed E-state index contributed by atoms with van der Waals surface area (Å²) in [7, 11) is 1.79. The van der Waals surface area contributed by atoms with Gasteiger partial charge in [0.2, 0.25) is 17.6 Å². The van der Waals surface area contributed by atoms with Gasteiger partial charge in [-0.1, -0.05) is 19.0 Å². The first-order valence-electron chi connectivity index (χ1n) is 8.33. The van der Waals surface area contributed by atoms with Gasteiger partial charge in [0.1, 0.15) is 5.82 Å². The summed E-state index contributed by atoms with van der Waals surface area (Å²) in [6.45, 7) is 5.22. The van der Waals surface area contributed by atoms with Gasteiger partial charge in [0.25, 0.3) is 0 Å². The van der Waals surface area contributed by atoms with Crippen LogP contribution >= 0.6 is 0 Å². The summed E-state index contributed by atoms with van der Waals surface area (Å²) in [5, 5.41) is 3.89. The SMILES string of the molecule is CN(CC(C)(C)CN)C(=O)CCCc1nc(-c2ccc(F)cc2)no1. The molecule has 25 heavy (non-hydrogen) atoms. The zero-order chi connectivity index (χ0) is 18.4. The topological polar surface area (TPSA) is 85.2 Å². The van der Waals surface area contributed by atoms with Crippen molar-refractivity contribution in [3.63, 3.8) is 0 Å². The monoisotopic (exact) mass is 348 g/mol. The lowest BCUT2D eigenvalue weighted by Gasteiger charge is -2.29. The van der Waals surface area contributed by atoms with E-state index in [1.54, 1.807) is 24.1 Å². The van der Waals surface area contributed by atoms with Crippen molar-refractivity contribution < 1.29 is 13.7 Å². The van der Waals surface area contributed by atoms with Gasteiger partial charge in [-0.15, -0.1) is 0 Å². The number of hydrogen-bond acceptors (Lipinski definition) is 5. The molecular weight excluding hydrogens is 323 g/mol. The lowest BCUT2D eigenvalue weighted by atomic mass is 9.93. The molecule has 0 aliphatic heterocycles. The maximum atomic E-state index is 12.9. The summed E-state index contributed by atoms with van der Waals surface area (Å²) >= 11 is 0. The fourth-order valence-electron chi connectivity index (χ4n) is 2.45. The van der Waals surface area contributed by atoms with E-state index in [4.69, 9.17) is 10.3 Å². The lowest BCUT2D eigenvalue weighted by Crippen LogP contribution is -2.39. The van der Waals surface area contributed by atoms with E-state index in [0.717, 1.165) is 0 Å². The Morgan fingerprint density at radius 3 is 2.64 bits per heavy atom. The highest BCUT2D eigenvalue weighted by Crippen LogP contribution is 2.18. The van der Waals surface area contributed by atoms with Gasteiger partial charge in [-0.05, 0) is 42.6 Å². The van der Waals surface area contributed by atoms with Gasteiger partial charge in [-0.25, -0.2) is 4.39 Å². The Kier molecular flexibility index (Phi) is 6.25. The normalized spacial score (nSPS) is 11.6. The molecule has 1 aromatic carbocycles. The summed E-state index contributed by atoms with van der Waals surface area (Å²) in [6.07, 6.45) is 1.55. The van der Waals surface area contributed by atoms with Crippen LogP contribution < -0.4 is 5.73 Å². The van der Waals surface area contributed by atoms with Crippen molar-refractivity contribution in [2.75, 3.05) is 20.1 Å². The highest BCUT2D eigenvalue weighted by Gasteiger charge is 2.21. The highest BCUT2D eigenvalue weighted by molar-refractivity contribution is 5.75. The van der Waals surface area contributed by atoms with Gasteiger partial charge in [0.15, 0.2) is 0 Å². The summed E-state index contributed by atoms with van der Waals surface area (Å²) in [6, 6.07) is 5.90. The molecule has 0 radical (unpaired) electrons. The van der Waals surface area contributed by atoms with Crippen LogP contribution in [0.25, 0.3) is 11.4 Å².